The van der Waals surface area contributed by atoms with E-state index in [0.717, 1.165) is 30.9 Å². The second-order valence-corrected chi connectivity index (χ2v) is 6.60. The summed E-state index contributed by atoms with van der Waals surface area (Å²) in [5.41, 5.74) is 4.48. The predicted octanol–water partition coefficient (Wildman–Crippen LogP) is 2.53. The summed E-state index contributed by atoms with van der Waals surface area (Å²) in [5.74, 6) is 0. The summed E-state index contributed by atoms with van der Waals surface area (Å²) >= 11 is 0. The van der Waals surface area contributed by atoms with Crippen LogP contribution in [0.5, 0.6) is 0 Å². The molecular formula is C20H23N5O. The summed E-state index contributed by atoms with van der Waals surface area (Å²) in [6.07, 6.45) is 2.79. The number of pyridine rings is 1. The molecule has 0 radical (unpaired) electrons. The predicted molar refractivity (Wildman–Crippen MR) is 98.2 cm³/mol. The Morgan fingerprint density at radius 2 is 1.96 bits per heavy atom. The number of aryl methyl sites for hydroxylation is 1. The van der Waals surface area contributed by atoms with Crippen LogP contribution >= 0.6 is 0 Å². The number of nitrogens with zero attached hydrogens (tertiary/aromatic N) is 5. The van der Waals surface area contributed by atoms with Crippen LogP contribution in [0, 0.1) is 0 Å². The molecule has 0 amide bonds. The zero-order valence-electron chi connectivity index (χ0n) is 15.0. The first-order valence-electron chi connectivity index (χ1n) is 8.95. The van der Waals surface area contributed by atoms with Crippen molar-refractivity contribution in [1.29, 1.82) is 0 Å². The van der Waals surface area contributed by atoms with Gasteiger partial charge in [0.2, 0.25) is 0 Å². The summed E-state index contributed by atoms with van der Waals surface area (Å²) in [7, 11) is 1.96. The lowest BCUT2D eigenvalue weighted by Crippen LogP contribution is -2.38. The molecule has 6 nitrogen and oxygen atoms in total. The molecule has 0 saturated carbocycles. The van der Waals surface area contributed by atoms with E-state index in [0.29, 0.717) is 13.2 Å². The van der Waals surface area contributed by atoms with Gasteiger partial charge >= 0.3 is 0 Å². The van der Waals surface area contributed by atoms with Gasteiger partial charge in [0.1, 0.15) is 5.69 Å². The minimum Gasteiger partial charge on any atom is -0.375 e. The number of ether oxygens (including phenoxy) is 1. The van der Waals surface area contributed by atoms with Crippen LogP contribution in [0.2, 0.25) is 0 Å². The molecule has 2 aromatic heterocycles. The third-order valence-electron chi connectivity index (χ3n) is 4.84. The zero-order chi connectivity index (χ0) is 17.8. The van der Waals surface area contributed by atoms with E-state index < -0.39 is 0 Å². The van der Waals surface area contributed by atoms with Gasteiger partial charge in [0, 0.05) is 32.8 Å². The van der Waals surface area contributed by atoms with Gasteiger partial charge in [0.25, 0.3) is 0 Å². The molecule has 0 saturated heterocycles. The van der Waals surface area contributed by atoms with E-state index in [1.54, 1.807) is 0 Å². The molecular weight excluding hydrogens is 326 g/mol. The van der Waals surface area contributed by atoms with Crippen LogP contribution in [0.4, 0.5) is 0 Å². The van der Waals surface area contributed by atoms with Crippen LogP contribution in [0.1, 0.15) is 28.7 Å². The Kier molecular flexibility index (Phi) is 5.04. The maximum absolute atomic E-state index is 6.05. The lowest BCUT2D eigenvalue weighted by atomic mass is 10.0. The highest BCUT2D eigenvalue weighted by Crippen LogP contribution is 2.29. The van der Waals surface area contributed by atoms with Gasteiger partial charge in [-0.1, -0.05) is 41.6 Å². The van der Waals surface area contributed by atoms with Crippen molar-refractivity contribution in [2.45, 2.75) is 25.6 Å². The molecule has 1 atom stereocenters. The quantitative estimate of drug-likeness (QED) is 0.684. The fraction of sp³-hybridized carbons (Fsp3) is 0.350. The van der Waals surface area contributed by atoms with Crippen LogP contribution in [0.25, 0.3) is 0 Å². The van der Waals surface area contributed by atoms with Crippen molar-refractivity contribution in [3.05, 3.63) is 77.4 Å². The normalized spacial score (nSPS) is 17.2. The standard InChI is InChI=1S/C20H23N5O/c1-24-18-10-12-25(13-17-9-5-6-11-21-17)19(20(18)22-23-24)15-26-14-16-7-3-2-4-8-16/h2-9,11,19H,10,12-15H2,1H3/t19-/m1/s1. The molecule has 4 rings (SSSR count). The Bertz CT molecular complexity index is 834. The van der Waals surface area contributed by atoms with Gasteiger partial charge in [-0.3, -0.25) is 14.6 Å². The van der Waals surface area contributed by atoms with Crippen LogP contribution in [-0.2, 0) is 31.4 Å². The molecule has 1 aromatic carbocycles. The smallest absolute Gasteiger partial charge is 0.105 e. The average Bonchev–Trinajstić information content (AvgIpc) is 3.06. The van der Waals surface area contributed by atoms with E-state index in [1.807, 2.05) is 48.3 Å². The molecule has 0 N–H and O–H groups in total. The first-order chi connectivity index (χ1) is 12.8. The largest absolute Gasteiger partial charge is 0.375 e. The number of benzene rings is 1. The van der Waals surface area contributed by atoms with Crippen molar-refractivity contribution in [3.8, 4) is 0 Å². The van der Waals surface area contributed by atoms with Gasteiger partial charge in [-0.25, -0.2) is 0 Å². The molecule has 1 aliphatic rings. The zero-order valence-corrected chi connectivity index (χ0v) is 15.0. The highest BCUT2D eigenvalue weighted by Gasteiger charge is 2.31. The molecule has 0 aliphatic carbocycles. The summed E-state index contributed by atoms with van der Waals surface area (Å²) in [4.78, 5) is 6.87. The minimum absolute atomic E-state index is 0.0955. The van der Waals surface area contributed by atoms with E-state index in [1.165, 1.54) is 11.3 Å². The molecule has 0 unspecified atom stereocenters. The second kappa shape index (κ2) is 7.76. The lowest BCUT2D eigenvalue weighted by molar-refractivity contribution is 0.0384. The van der Waals surface area contributed by atoms with E-state index in [4.69, 9.17) is 4.74 Å². The highest BCUT2D eigenvalue weighted by molar-refractivity contribution is 5.20. The van der Waals surface area contributed by atoms with Gasteiger partial charge in [-0.05, 0) is 17.7 Å². The van der Waals surface area contributed by atoms with Gasteiger partial charge in [0.15, 0.2) is 0 Å². The van der Waals surface area contributed by atoms with E-state index in [-0.39, 0.29) is 6.04 Å². The summed E-state index contributed by atoms with van der Waals surface area (Å²) in [6.45, 7) is 2.93. The van der Waals surface area contributed by atoms with Gasteiger partial charge in [-0.2, -0.15) is 0 Å². The SMILES string of the molecule is Cn1nnc2c1CCN(Cc1ccccn1)[C@@H]2COCc1ccccc1. The first-order valence-corrected chi connectivity index (χ1v) is 8.95. The van der Waals surface area contributed by atoms with Crippen molar-refractivity contribution in [2.24, 2.45) is 7.05 Å². The van der Waals surface area contributed by atoms with E-state index in [2.05, 4.69) is 38.4 Å². The highest BCUT2D eigenvalue weighted by atomic mass is 16.5. The molecule has 0 fully saturated rings. The molecule has 3 heterocycles. The molecule has 134 valence electrons. The van der Waals surface area contributed by atoms with Gasteiger partial charge in [0.05, 0.1) is 30.6 Å². The first kappa shape index (κ1) is 16.9. The summed E-state index contributed by atoms with van der Waals surface area (Å²) in [6, 6.07) is 16.4. The lowest BCUT2D eigenvalue weighted by Gasteiger charge is -2.34. The number of fused-ring (bicyclic) bond motifs is 1. The van der Waals surface area contributed by atoms with E-state index in [9.17, 15) is 0 Å². The Morgan fingerprint density at radius 3 is 2.77 bits per heavy atom. The Balaban J connectivity index is 1.49. The van der Waals surface area contributed by atoms with Crippen LogP contribution < -0.4 is 0 Å². The maximum Gasteiger partial charge on any atom is 0.105 e. The molecule has 6 heteroatoms. The Hall–Kier alpha value is -2.57. The third-order valence-corrected chi connectivity index (χ3v) is 4.84. The molecule has 3 aromatic rings. The third kappa shape index (κ3) is 3.66. The summed E-state index contributed by atoms with van der Waals surface area (Å²) in [5, 5.41) is 8.65. The van der Waals surface area contributed by atoms with Crippen LogP contribution in [-0.4, -0.2) is 38.0 Å². The van der Waals surface area contributed by atoms with Crippen molar-refractivity contribution in [2.75, 3.05) is 13.2 Å². The van der Waals surface area contributed by atoms with Gasteiger partial charge in [-0.15, -0.1) is 5.10 Å². The van der Waals surface area contributed by atoms with Crippen molar-refractivity contribution >= 4 is 0 Å². The van der Waals surface area contributed by atoms with E-state index >= 15 is 0 Å². The number of hydrogen-bond donors (Lipinski definition) is 0. The van der Waals surface area contributed by atoms with Crippen molar-refractivity contribution in [1.82, 2.24) is 24.9 Å². The molecule has 1 aliphatic heterocycles. The van der Waals surface area contributed by atoms with Crippen molar-refractivity contribution in [3.63, 3.8) is 0 Å². The number of hydrogen-bond acceptors (Lipinski definition) is 5. The topological polar surface area (TPSA) is 56.1 Å². The number of rotatable bonds is 6. The Morgan fingerprint density at radius 1 is 1.12 bits per heavy atom. The minimum atomic E-state index is 0.0955. The number of aromatic nitrogens is 4. The fourth-order valence-electron chi connectivity index (χ4n) is 3.46. The monoisotopic (exact) mass is 349 g/mol. The Labute approximate surface area is 153 Å². The van der Waals surface area contributed by atoms with Gasteiger partial charge < -0.3 is 4.74 Å². The molecule has 26 heavy (non-hydrogen) atoms. The fourth-order valence-corrected chi connectivity index (χ4v) is 3.46. The summed E-state index contributed by atoms with van der Waals surface area (Å²) < 4.78 is 7.94. The maximum atomic E-state index is 6.05. The molecule has 0 spiro atoms. The molecule has 0 bridgehead atoms. The van der Waals surface area contributed by atoms with Crippen LogP contribution in [0.15, 0.2) is 54.7 Å². The van der Waals surface area contributed by atoms with Crippen molar-refractivity contribution < 1.29 is 4.74 Å². The second-order valence-electron chi connectivity index (χ2n) is 6.60. The van der Waals surface area contributed by atoms with Crippen LogP contribution in [0.3, 0.4) is 0 Å². The average molecular weight is 349 g/mol.